The third-order valence-corrected chi connectivity index (χ3v) is 7.63. The van der Waals surface area contributed by atoms with Gasteiger partial charge < -0.3 is 25.1 Å². The van der Waals surface area contributed by atoms with Crippen LogP contribution in [-0.2, 0) is 22.6 Å². The molecule has 0 fully saturated rings. The maximum absolute atomic E-state index is 13.6. The van der Waals surface area contributed by atoms with Crippen LogP contribution in [0, 0.1) is 12.8 Å². The number of nitrogens with zero attached hydrogens (tertiary/aromatic N) is 3. The summed E-state index contributed by atoms with van der Waals surface area (Å²) in [6.07, 6.45) is -1.40. The number of carbonyl (C=O) groups is 2. The molecular formula is C34H35N5O6. The third-order valence-electron chi connectivity index (χ3n) is 7.63. The average Bonchev–Trinajstić information content (AvgIpc) is 3.48. The highest BCUT2D eigenvalue weighted by Gasteiger charge is 2.35. The minimum absolute atomic E-state index is 0.0254. The van der Waals surface area contributed by atoms with Gasteiger partial charge >= 0.3 is 6.09 Å². The van der Waals surface area contributed by atoms with Crippen molar-refractivity contribution in [2.75, 3.05) is 4.90 Å². The van der Waals surface area contributed by atoms with Gasteiger partial charge in [0, 0.05) is 22.6 Å². The molecule has 4 N–H and O–H groups in total. The number of aryl methyl sites for hydroxylation is 1. The van der Waals surface area contributed by atoms with Gasteiger partial charge in [-0.25, -0.2) is 4.79 Å². The standard InChI is InChI=1S/C34H35N5O6/c1-21-9-8-12-24(15-21)18-30-31(37-38-45-30)29(40)17-22(2)16-27(32(35)41)39(34(43)44-20-23-10-4-3-5-11-23)28-19-25-13-6-7-14-26(25)36-33(28)42/h3-15,19,22,27,29,40H,16-18,20H2,1-2H3,(H2,35,41)(H,36,42)/t22-,27?,29?/m0/s1. The Labute approximate surface area is 259 Å². The van der Waals surface area contributed by atoms with Gasteiger partial charge in [-0.15, -0.1) is 5.10 Å². The Morgan fingerprint density at radius 1 is 1.00 bits per heavy atom. The van der Waals surface area contributed by atoms with Gasteiger partial charge in [-0.3, -0.25) is 14.5 Å². The first-order valence-corrected chi connectivity index (χ1v) is 14.7. The number of carbonyl (C=O) groups excluding carboxylic acids is 2. The second-order valence-corrected chi connectivity index (χ2v) is 11.2. The average molecular weight is 610 g/mol. The lowest BCUT2D eigenvalue weighted by atomic mass is 9.92. The molecule has 2 amide bonds. The van der Waals surface area contributed by atoms with E-state index in [4.69, 9.17) is 15.0 Å². The van der Waals surface area contributed by atoms with E-state index in [2.05, 4.69) is 15.4 Å². The van der Waals surface area contributed by atoms with E-state index in [9.17, 15) is 19.5 Å². The van der Waals surface area contributed by atoms with E-state index < -0.39 is 29.7 Å². The molecule has 11 heteroatoms. The molecule has 0 saturated carbocycles. The summed E-state index contributed by atoms with van der Waals surface area (Å²) in [5.41, 5.74) is 8.88. The lowest BCUT2D eigenvalue weighted by Gasteiger charge is -2.30. The van der Waals surface area contributed by atoms with Gasteiger partial charge in [0.2, 0.25) is 5.91 Å². The molecule has 5 rings (SSSR count). The van der Waals surface area contributed by atoms with Crippen LogP contribution in [0.3, 0.4) is 0 Å². The van der Waals surface area contributed by atoms with Crippen LogP contribution in [0.2, 0.25) is 0 Å². The Morgan fingerprint density at radius 3 is 2.49 bits per heavy atom. The number of nitrogens with one attached hydrogen (secondary N) is 1. The van der Waals surface area contributed by atoms with E-state index in [0.29, 0.717) is 28.8 Å². The van der Waals surface area contributed by atoms with E-state index in [-0.39, 0.29) is 31.1 Å². The number of fused-ring (bicyclic) bond motifs is 1. The fraction of sp³-hybridized carbons (Fsp3) is 0.265. The summed E-state index contributed by atoms with van der Waals surface area (Å²) in [6.45, 7) is 3.72. The van der Waals surface area contributed by atoms with Gasteiger partial charge in [0.25, 0.3) is 5.56 Å². The predicted octanol–water partition coefficient (Wildman–Crippen LogP) is 4.96. The van der Waals surface area contributed by atoms with Crippen LogP contribution in [0.25, 0.3) is 10.9 Å². The zero-order valence-electron chi connectivity index (χ0n) is 25.1. The summed E-state index contributed by atoms with van der Waals surface area (Å²) in [6, 6.07) is 24.3. The first-order valence-electron chi connectivity index (χ1n) is 14.7. The van der Waals surface area contributed by atoms with Gasteiger partial charge in [-0.2, -0.15) is 0 Å². The second-order valence-electron chi connectivity index (χ2n) is 11.2. The summed E-state index contributed by atoms with van der Waals surface area (Å²) in [5, 5.41) is 19.5. The van der Waals surface area contributed by atoms with Crippen LogP contribution in [0.5, 0.6) is 0 Å². The molecule has 2 unspecified atom stereocenters. The quantitative estimate of drug-likeness (QED) is 0.179. The summed E-state index contributed by atoms with van der Waals surface area (Å²) in [4.78, 5) is 43.7. The number of aromatic nitrogens is 3. The summed E-state index contributed by atoms with van der Waals surface area (Å²) in [7, 11) is 0. The van der Waals surface area contributed by atoms with Crippen molar-refractivity contribution in [1.29, 1.82) is 0 Å². The van der Waals surface area contributed by atoms with Crippen LogP contribution in [0.1, 0.15) is 54.0 Å². The molecule has 0 aliphatic carbocycles. The van der Waals surface area contributed by atoms with E-state index in [1.54, 1.807) is 36.4 Å². The van der Waals surface area contributed by atoms with Crippen molar-refractivity contribution in [1.82, 2.24) is 15.4 Å². The number of aliphatic hydroxyl groups is 1. The summed E-state index contributed by atoms with van der Waals surface area (Å²) in [5.74, 6) is -0.769. The monoisotopic (exact) mass is 609 g/mol. The van der Waals surface area contributed by atoms with Crippen LogP contribution < -0.4 is 16.2 Å². The Kier molecular flexibility index (Phi) is 9.69. The van der Waals surface area contributed by atoms with Gasteiger partial charge in [0.1, 0.15) is 30.1 Å². The molecule has 5 aromatic rings. The fourth-order valence-electron chi connectivity index (χ4n) is 5.42. The first-order chi connectivity index (χ1) is 21.7. The number of hydrogen-bond acceptors (Lipinski definition) is 8. The Morgan fingerprint density at radius 2 is 1.73 bits per heavy atom. The molecule has 11 nitrogen and oxygen atoms in total. The number of nitrogens with two attached hydrogens (primary N) is 1. The van der Waals surface area contributed by atoms with Gasteiger partial charge in [-0.1, -0.05) is 85.3 Å². The van der Waals surface area contributed by atoms with E-state index >= 15 is 0 Å². The third kappa shape index (κ3) is 7.63. The number of benzene rings is 3. The zero-order valence-corrected chi connectivity index (χ0v) is 25.1. The number of para-hydroxylation sites is 1. The van der Waals surface area contributed by atoms with E-state index in [1.165, 1.54) is 6.07 Å². The van der Waals surface area contributed by atoms with Gasteiger partial charge in [-0.05, 0) is 48.9 Å². The van der Waals surface area contributed by atoms with Gasteiger partial charge in [0.05, 0.1) is 0 Å². The molecule has 0 saturated heterocycles. The molecule has 3 atom stereocenters. The minimum Gasteiger partial charge on any atom is -0.444 e. The van der Waals surface area contributed by atoms with E-state index in [1.807, 2.05) is 56.3 Å². The predicted molar refractivity (Wildman–Crippen MR) is 168 cm³/mol. The summed E-state index contributed by atoms with van der Waals surface area (Å²) < 4.78 is 11.0. The molecule has 0 radical (unpaired) electrons. The molecule has 0 aliphatic rings. The molecule has 0 bridgehead atoms. The number of hydrogen-bond donors (Lipinski definition) is 3. The van der Waals surface area contributed by atoms with Crippen molar-refractivity contribution < 1.29 is 24.0 Å². The molecular weight excluding hydrogens is 574 g/mol. The lowest BCUT2D eigenvalue weighted by Crippen LogP contribution is -2.51. The largest absolute Gasteiger partial charge is 0.444 e. The van der Waals surface area contributed by atoms with Crippen molar-refractivity contribution in [2.24, 2.45) is 11.7 Å². The highest BCUT2D eigenvalue weighted by atomic mass is 16.6. The summed E-state index contributed by atoms with van der Waals surface area (Å²) >= 11 is 0. The molecule has 232 valence electrons. The Bertz CT molecular complexity index is 1840. The number of aliphatic hydroxyl groups excluding tert-OH is 1. The lowest BCUT2D eigenvalue weighted by molar-refractivity contribution is -0.119. The number of primary amides is 1. The van der Waals surface area contributed by atoms with Crippen LogP contribution in [-0.4, -0.2) is 38.5 Å². The topological polar surface area (TPSA) is 165 Å². The number of H-pyrrole nitrogens is 1. The molecule has 45 heavy (non-hydrogen) atoms. The molecule has 0 spiro atoms. The maximum Gasteiger partial charge on any atom is 0.415 e. The molecule has 3 aromatic carbocycles. The number of ether oxygens (including phenoxy) is 1. The number of anilines is 1. The number of pyridine rings is 1. The normalized spacial score (nSPS) is 13.2. The number of amides is 2. The Balaban J connectivity index is 1.39. The fourth-order valence-corrected chi connectivity index (χ4v) is 5.42. The smallest absolute Gasteiger partial charge is 0.415 e. The first kappa shape index (κ1) is 31.1. The number of rotatable bonds is 12. The van der Waals surface area contributed by atoms with Crippen molar-refractivity contribution in [3.05, 3.63) is 123 Å². The Hall–Kier alpha value is -5.29. The van der Waals surface area contributed by atoms with E-state index in [0.717, 1.165) is 21.6 Å². The zero-order chi connectivity index (χ0) is 31.9. The van der Waals surface area contributed by atoms with Crippen molar-refractivity contribution in [3.8, 4) is 0 Å². The van der Waals surface area contributed by atoms with Crippen molar-refractivity contribution in [3.63, 3.8) is 0 Å². The molecule has 0 aliphatic heterocycles. The second kappa shape index (κ2) is 14.0. The SMILES string of the molecule is Cc1cccc(Cc2onnc2C(O)C[C@@H](C)CC(C(N)=O)N(C(=O)OCc2ccccc2)c2cc3ccccc3[nH]c2=O)c1. The molecule has 2 aromatic heterocycles. The van der Waals surface area contributed by atoms with Gasteiger partial charge in [0.15, 0.2) is 5.76 Å². The highest BCUT2D eigenvalue weighted by molar-refractivity contribution is 5.98. The maximum atomic E-state index is 13.6. The number of aromatic amines is 1. The van der Waals surface area contributed by atoms with Crippen LogP contribution in [0.15, 0.2) is 94.2 Å². The van der Waals surface area contributed by atoms with Crippen molar-refractivity contribution >= 4 is 28.6 Å². The minimum atomic E-state index is -1.26. The van der Waals surface area contributed by atoms with Crippen LogP contribution >= 0.6 is 0 Å². The van der Waals surface area contributed by atoms with Crippen LogP contribution in [0.4, 0.5) is 10.5 Å². The van der Waals surface area contributed by atoms with Crippen molar-refractivity contribution in [2.45, 2.75) is 51.9 Å². The highest BCUT2D eigenvalue weighted by Crippen LogP contribution is 2.29. The molecule has 2 heterocycles.